The van der Waals surface area contributed by atoms with Gasteiger partial charge >= 0.3 is 12.1 Å². The lowest BCUT2D eigenvalue weighted by molar-refractivity contribution is -0.141. The molecule has 0 aliphatic rings. The smallest absolute Gasteiger partial charge is 0.435 e. The molecular weight excluding hydrogens is 437 g/mol. The normalized spacial score (nSPS) is 11.5. The van der Waals surface area contributed by atoms with Gasteiger partial charge < -0.3 is 4.74 Å². The maximum absolute atomic E-state index is 13.3. The zero-order valence-electron chi connectivity index (χ0n) is 15.9. The van der Waals surface area contributed by atoms with Gasteiger partial charge in [0.2, 0.25) is 0 Å². The van der Waals surface area contributed by atoms with Crippen LogP contribution in [0.5, 0.6) is 0 Å². The third kappa shape index (κ3) is 5.17. The van der Waals surface area contributed by atoms with E-state index >= 15 is 0 Å². The summed E-state index contributed by atoms with van der Waals surface area (Å²) in [6.45, 7) is 0.315. The van der Waals surface area contributed by atoms with Gasteiger partial charge in [-0.25, -0.2) is 9.48 Å². The molecule has 1 heterocycles. The number of aromatic nitrogens is 2. The van der Waals surface area contributed by atoms with Crippen molar-refractivity contribution in [2.24, 2.45) is 0 Å². The van der Waals surface area contributed by atoms with Gasteiger partial charge in [-0.2, -0.15) is 30.0 Å². The molecule has 0 atom stereocenters. The number of carbonyl (C=O) groups excluding carboxylic acids is 1. The van der Waals surface area contributed by atoms with Crippen LogP contribution in [0.3, 0.4) is 0 Å². The molecule has 0 saturated heterocycles. The second-order valence-corrected chi connectivity index (χ2v) is 7.73. The lowest BCUT2D eigenvalue weighted by Crippen LogP contribution is -2.08. The van der Waals surface area contributed by atoms with Crippen molar-refractivity contribution in [2.75, 3.05) is 18.6 Å². The molecule has 0 spiro atoms. The molecule has 1 aromatic heterocycles. The molecule has 2 aromatic carbocycles. The number of ether oxygens (including phenoxy) is 1. The number of carbonyl (C=O) groups is 1. The van der Waals surface area contributed by atoms with E-state index in [1.54, 1.807) is 48.2 Å². The second kappa shape index (κ2) is 9.57. The molecule has 0 radical (unpaired) electrons. The molecule has 0 bridgehead atoms. The topological polar surface area (TPSA) is 44.1 Å². The standard InChI is InChI=1S/C21H18ClF3N2O2S/c1-30-12-4-11-29-20(28)15-9-7-14(8-10-15)18-13-19(21(23,24)25)26-27(18)17-6-3-2-5-16(17)22/h2-3,5-10,13H,4,11-12H2,1H3. The SMILES string of the molecule is CSCCCOC(=O)c1ccc(-c2cc(C(F)(F)F)nn2-c2ccccc2Cl)cc1. The lowest BCUT2D eigenvalue weighted by Gasteiger charge is -2.10. The number of benzene rings is 2. The number of halogens is 4. The molecule has 0 aliphatic heterocycles. The van der Waals surface area contributed by atoms with Crippen molar-refractivity contribution in [3.63, 3.8) is 0 Å². The number of hydrogen-bond donors (Lipinski definition) is 0. The summed E-state index contributed by atoms with van der Waals surface area (Å²) < 4.78 is 46.2. The molecule has 0 aliphatic carbocycles. The van der Waals surface area contributed by atoms with E-state index in [1.807, 2.05) is 6.26 Å². The average molecular weight is 455 g/mol. The number of hydrogen-bond acceptors (Lipinski definition) is 4. The minimum Gasteiger partial charge on any atom is -0.462 e. The Bertz CT molecular complexity index is 1020. The van der Waals surface area contributed by atoms with Crippen LogP contribution in [0.25, 0.3) is 16.9 Å². The Kier molecular flexibility index (Phi) is 7.10. The van der Waals surface area contributed by atoms with Crippen LogP contribution in [0.15, 0.2) is 54.6 Å². The number of alkyl halides is 3. The van der Waals surface area contributed by atoms with Crippen LogP contribution in [-0.2, 0) is 10.9 Å². The van der Waals surface area contributed by atoms with E-state index in [2.05, 4.69) is 5.10 Å². The molecule has 0 unspecified atom stereocenters. The molecular formula is C21H18ClF3N2O2S. The van der Waals surface area contributed by atoms with Gasteiger partial charge in [0.15, 0.2) is 5.69 Å². The predicted molar refractivity (Wildman–Crippen MR) is 112 cm³/mol. The van der Waals surface area contributed by atoms with Crippen molar-refractivity contribution in [3.8, 4) is 16.9 Å². The van der Waals surface area contributed by atoms with E-state index < -0.39 is 17.8 Å². The molecule has 3 rings (SSSR count). The average Bonchev–Trinajstić information content (AvgIpc) is 3.17. The van der Waals surface area contributed by atoms with Gasteiger partial charge in [-0.1, -0.05) is 35.9 Å². The van der Waals surface area contributed by atoms with Crippen molar-refractivity contribution in [1.82, 2.24) is 9.78 Å². The van der Waals surface area contributed by atoms with E-state index in [0.29, 0.717) is 23.4 Å². The van der Waals surface area contributed by atoms with Crippen LogP contribution in [0.1, 0.15) is 22.5 Å². The van der Waals surface area contributed by atoms with Crippen LogP contribution in [0.4, 0.5) is 13.2 Å². The first-order valence-electron chi connectivity index (χ1n) is 9.00. The molecule has 0 fully saturated rings. The van der Waals surface area contributed by atoms with Crippen molar-refractivity contribution in [2.45, 2.75) is 12.6 Å². The third-order valence-electron chi connectivity index (χ3n) is 4.22. The zero-order chi connectivity index (χ0) is 21.7. The molecule has 0 amide bonds. The van der Waals surface area contributed by atoms with E-state index in [-0.39, 0.29) is 10.7 Å². The summed E-state index contributed by atoms with van der Waals surface area (Å²) in [5.41, 5.74) is 0.270. The Hall–Kier alpha value is -2.45. The molecule has 0 saturated carbocycles. The van der Waals surface area contributed by atoms with E-state index in [0.717, 1.165) is 22.9 Å². The van der Waals surface area contributed by atoms with Gasteiger partial charge in [-0.15, -0.1) is 0 Å². The number of esters is 1. The summed E-state index contributed by atoms with van der Waals surface area (Å²) in [7, 11) is 0. The maximum atomic E-state index is 13.3. The fraction of sp³-hybridized carbons (Fsp3) is 0.238. The zero-order valence-corrected chi connectivity index (χ0v) is 17.5. The van der Waals surface area contributed by atoms with Crippen LogP contribution in [0.2, 0.25) is 5.02 Å². The Labute approximate surface area is 181 Å². The Balaban J connectivity index is 1.92. The first-order chi connectivity index (χ1) is 14.3. The summed E-state index contributed by atoms with van der Waals surface area (Å²) in [5, 5.41) is 3.98. The fourth-order valence-electron chi connectivity index (χ4n) is 2.76. The van der Waals surface area contributed by atoms with Gasteiger partial charge in [0.1, 0.15) is 0 Å². The van der Waals surface area contributed by atoms with Crippen LogP contribution < -0.4 is 0 Å². The number of para-hydroxylation sites is 1. The van der Waals surface area contributed by atoms with Gasteiger partial charge in [0.05, 0.1) is 28.6 Å². The summed E-state index contributed by atoms with van der Waals surface area (Å²) in [4.78, 5) is 12.1. The highest BCUT2D eigenvalue weighted by Crippen LogP contribution is 2.34. The molecule has 30 heavy (non-hydrogen) atoms. The Morgan fingerprint density at radius 2 is 1.87 bits per heavy atom. The summed E-state index contributed by atoms with van der Waals surface area (Å²) in [6, 6.07) is 13.6. The van der Waals surface area contributed by atoms with Crippen LogP contribution >= 0.6 is 23.4 Å². The number of thioether (sulfide) groups is 1. The lowest BCUT2D eigenvalue weighted by atomic mass is 10.1. The minimum atomic E-state index is -4.61. The third-order valence-corrected chi connectivity index (χ3v) is 5.24. The van der Waals surface area contributed by atoms with Crippen molar-refractivity contribution in [1.29, 1.82) is 0 Å². The first-order valence-corrected chi connectivity index (χ1v) is 10.8. The Morgan fingerprint density at radius 3 is 2.50 bits per heavy atom. The minimum absolute atomic E-state index is 0.204. The summed E-state index contributed by atoms with van der Waals surface area (Å²) in [5.74, 6) is 0.415. The quantitative estimate of drug-likeness (QED) is 0.318. The molecule has 3 aromatic rings. The van der Waals surface area contributed by atoms with E-state index in [9.17, 15) is 18.0 Å². The van der Waals surface area contributed by atoms with Gasteiger partial charge in [0, 0.05) is 5.56 Å². The summed E-state index contributed by atoms with van der Waals surface area (Å²) >= 11 is 7.84. The second-order valence-electron chi connectivity index (χ2n) is 6.34. The molecule has 9 heteroatoms. The summed E-state index contributed by atoms with van der Waals surface area (Å²) in [6.07, 6.45) is -1.89. The molecule has 0 N–H and O–H groups in total. The highest BCUT2D eigenvalue weighted by Gasteiger charge is 2.35. The molecule has 158 valence electrons. The highest BCUT2D eigenvalue weighted by molar-refractivity contribution is 7.98. The fourth-order valence-corrected chi connectivity index (χ4v) is 3.38. The van der Waals surface area contributed by atoms with Gasteiger partial charge in [-0.05, 0) is 48.8 Å². The number of rotatable bonds is 7. The number of nitrogens with zero attached hydrogens (tertiary/aromatic N) is 2. The highest BCUT2D eigenvalue weighted by atomic mass is 35.5. The monoisotopic (exact) mass is 454 g/mol. The molecule has 4 nitrogen and oxygen atoms in total. The van der Waals surface area contributed by atoms with Gasteiger partial charge in [-0.3, -0.25) is 0 Å². The van der Waals surface area contributed by atoms with Crippen molar-refractivity contribution >= 4 is 29.3 Å². The van der Waals surface area contributed by atoms with Crippen LogP contribution in [-0.4, -0.2) is 34.4 Å². The van der Waals surface area contributed by atoms with E-state index in [1.165, 1.54) is 12.1 Å². The Morgan fingerprint density at radius 1 is 1.17 bits per heavy atom. The largest absolute Gasteiger partial charge is 0.462 e. The predicted octanol–water partition coefficient (Wildman–Crippen LogP) is 6.12. The van der Waals surface area contributed by atoms with Crippen molar-refractivity contribution < 1.29 is 22.7 Å². The van der Waals surface area contributed by atoms with E-state index in [4.69, 9.17) is 16.3 Å². The van der Waals surface area contributed by atoms with Gasteiger partial charge in [0.25, 0.3) is 0 Å². The van der Waals surface area contributed by atoms with Crippen LogP contribution in [0, 0.1) is 0 Å². The maximum Gasteiger partial charge on any atom is 0.435 e. The first kappa shape index (κ1) is 22.2. The van der Waals surface area contributed by atoms with Crippen molar-refractivity contribution in [3.05, 3.63) is 70.9 Å².